The normalized spacial score (nSPS) is 11.8. The lowest BCUT2D eigenvalue weighted by molar-refractivity contribution is -0.126. The average Bonchev–Trinajstić information content (AvgIpc) is 2.43. The number of rotatable bonds is 15. The summed E-state index contributed by atoms with van der Waals surface area (Å²) in [6.07, 6.45) is 18.7. The standard InChI is InChI=1S/C19H39NO/c1-4-5-6-7-8-9-10-11-12-13-14-15-16-17-19(2,3)18(20)21/h4-17H2,1-3H3,(H2,20,21). The summed E-state index contributed by atoms with van der Waals surface area (Å²) in [5.41, 5.74) is 5.06. The summed E-state index contributed by atoms with van der Waals surface area (Å²) >= 11 is 0. The molecule has 0 saturated carbocycles. The summed E-state index contributed by atoms with van der Waals surface area (Å²) in [5.74, 6) is -0.165. The molecule has 0 aliphatic heterocycles. The van der Waals surface area contributed by atoms with Gasteiger partial charge in [-0.2, -0.15) is 0 Å². The summed E-state index contributed by atoms with van der Waals surface area (Å²) in [4.78, 5) is 11.2. The monoisotopic (exact) mass is 297 g/mol. The average molecular weight is 298 g/mol. The van der Waals surface area contributed by atoms with Crippen LogP contribution in [0.5, 0.6) is 0 Å². The zero-order valence-electron chi connectivity index (χ0n) is 14.9. The zero-order chi connectivity index (χ0) is 16.0. The Morgan fingerprint density at radius 2 is 1.05 bits per heavy atom. The molecule has 1 amide bonds. The second kappa shape index (κ2) is 13.2. The molecule has 0 rings (SSSR count). The third-order valence-corrected chi connectivity index (χ3v) is 4.57. The molecule has 2 nitrogen and oxygen atoms in total. The van der Waals surface area contributed by atoms with Crippen molar-refractivity contribution >= 4 is 5.91 Å². The number of hydrogen-bond donors (Lipinski definition) is 1. The molecule has 0 aromatic rings. The van der Waals surface area contributed by atoms with E-state index in [9.17, 15) is 4.79 Å². The van der Waals surface area contributed by atoms with Gasteiger partial charge in [-0.15, -0.1) is 0 Å². The highest BCUT2D eigenvalue weighted by Gasteiger charge is 2.23. The molecule has 0 radical (unpaired) electrons. The quantitative estimate of drug-likeness (QED) is 0.371. The smallest absolute Gasteiger partial charge is 0.223 e. The molecule has 2 N–H and O–H groups in total. The number of carbonyl (C=O) groups is 1. The van der Waals surface area contributed by atoms with Gasteiger partial charge in [0, 0.05) is 5.41 Å². The van der Waals surface area contributed by atoms with Gasteiger partial charge < -0.3 is 5.73 Å². The van der Waals surface area contributed by atoms with E-state index in [1.807, 2.05) is 13.8 Å². The summed E-state index contributed by atoms with van der Waals surface area (Å²) in [7, 11) is 0. The highest BCUT2D eigenvalue weighted by Crippen LogP contribution is 2.23. The molecular formula is C19H39NO. The third-order valence-electron chi connectivity index (χ3n) is 4.57. The Bertz CT molecular complexity index is 248. The summed E-state index contributed by atoms with van der Waals surface area (Å²) in [5, 5.41) is 0. The molecule has 0 aromatic heterocycles. The van der Waals surface area contributed by atoms with Crippen LogP contribution in [0.3, 0.4) is 0 Å². The first-order chi connectivity index (χ1) is 10.0. The van der Waals surface area contributed by atoms with Crippen LogP contribution in [0.25, 0.3) is 0 Å². The molecule has 0 heterocycles. The van der Waals surface area contributed by atoms with E-state index in [-0.39, 0.29) is 11.3 Å². The lowest BCUT2D eigenvalue weighted by atomic mass is 9.86. The van der Waals surface area contributed by atoms with E-state index < -0.39 is 0 Å². The SMILES string of the molecule is CCCCCCCCCCCCCCCC(C)(C)C(N)=O. The molecule has 0 aliphatic rings. The second-order valence-electron chi connectivity index (χ2n) is 7.24. The van der Waals surface area contributed by atoms with E-state index in [0.29, 0.717) is 0 Å². The lowest BCUT2D eigenvalue weighted by Gasteiger charge is -2.19. The van der Waals surface area contributed by atoms with Crippen LogP contribution in [0.15, 0.2) is 0 Å². The van der Waals surface area contributed by atoms with Crippen LogP contribution in [-0.2, 0) is 4.79 Å². The van der Waals surface area contributed by atoms with E-state index in [1.165, 1.54) is 77.0 Å². The first kappa shape index (κ1) is 20.5. The Balaban J connectivity index is 3.18. The lowest BCUT2D eigenvalue weighted by Crippen LogP contribution is -2.31. The Kier molecular flexibility index (Phi) is 12.8. The van der Waals surface area contributed by atoms with Crippen molar-refractivity contribution in [2.45, 2.75) is 111 Å². The van der Waals surface area contributed by atoms with E-state index >= 15 is 0 Å². The van der Waals surface area contributed by atoms with Crippen LogP contribution < -0.4 is 5.73 Å². The second-order valence-corrected chi connectivity index (χ2v) is 7.24. The van der Waals surface area contributed by atoms with Gasteiger partial charge in [-0.25, -0.2) is 0 Å². The summed E-state index contributed by atoms with van der Waals surface area (Å²) in [6.45, 7) is 6.18. The Labute approximate surface area is 133 Å². The van der Waals surface area contributed by atoms with Crippen LogP contribution in [-0.4, -0.2) is 5.91 Å². The minimum atomic E-state index is -0.322. The topological polar surface area (TPSA) is 43.1 Å². The van der Waals surface area contributed by atoms with Gasteiger partial charge >= 0.3 is 0 Å². The van der Waals surface area contributed by atoms with Crippen LogP contribution in [0.1, 0.15) is 111 Å². The molecule has 0 spiro atoms. The molecule has 0 aliphatic carbocycles. The maximum absolute atomic E-state index is 11.2. The molecule has 21 heavy (non-hydrogen) atoms. The molecule has 0 atom stereocenters. The van der Waals surface area contributed by atoms with Gasteiger partial charge in [-0.05, 0) is 6.42 Å². The van der Waals surface area contributed by atoms with Crippen molar-refractivity contribution < 1.29 is 4.79 Å². The number of primary amides is 1. The van der Waals surface area contributed by atoms with E-state index in [2.05, 4.69) is 6.92 Å². The predicted octanol–water partition coefficient (Wildman–Crippen LogP) is 5.98. The molecule has 0 fully saturated rings. The van der Waals surface area contributed by atoms with Gasteiger partial charge in [0.25, 0.3) is 0 Å². The molecule has 2 heteroatoms. The van der Waals surface area contributed by atoms with Gasteiger partial charge in [-0.1, -0.05) is 104 Å². The Morgan fingerprint density at radius 3 is 1.38 bits per heavy atom. The largest absolute Gasteiger partial charge is 0.369 e. The minimum absolute atomic E-state index is 0.165. The van der Waals surface area contributed by atoms with Crippen LogP contribution in [0, 0.1) is 5.41 Å². The van der Waals surface area contributed by atoms with Crippen molar-refractivity contribution in [1.29, 1.82) is 0 Å². The van der Waals surface area contributed by atoms with Gasteiger partial charge in [0.15, 0.2) is 0 Å². The van der Waals surface area contributed by atoms with E-state index in [0.717, 1.165) is 12.8 Å². The molecule has 0 bridgehead atoms. The van der Waals surface area contributed by atoms with Crippen molar-refractivity contribution in [3.8, 4) is 0 Å². The van der Waals surface area contributed by atoms with E-state index in [4.69, 9.17) is 5.73 Å². The molecular weight excluding hydrogens is 258 g/mol. The van der Waals surface area contributed by atoms with Gasteiger partial charge in [0.1, 0.15) is 0 Å². The Morgan fingerprint density at radius 1 is 0.714 bits per heavy atom. The first-order valence-corrected chi connectivity index (χ1v) is 9.30. The molecule has 0 unspecified atom stereocenters. The van der Waals surface area contributed by atoms with E-state index in [1.54, 1.807) is 0 Å². The number of nitrogens with two attached hydrogens (primary N) is 1. The summed E-state index contributed by atoms with van der Waals surface area (Å²) < 4.78 is 0. The predicted molar refractivity (Wildman–Crippen MR) is 93.3 cm³/mol. The van der Waals surface area contributed by atoms with Crippen molar-refractivity contribution in [2.24, 2.45) is 11.1 Å². The van der Waals surface area contributed by atoms with Gasteiger partial charge in [-0.3, -0.25) is 4.79 Å². The van der Waals surface area contributed by atoms with Crippen molar-refractivity contribution in [3.05, 3.63) is 0 Å². The van der Waals surface area contributed by atoms with Crippen molar-refractivity contribution in [1.82, 2.24) is 0 Å². The minimum Gasteiger partial charge on any atom is -0.369 e. The van der Waals surface area contributed by atoms with Gasteiger partial charge in [0.2, 0.25) is 5.91 Å². The van der Waals surface area contributed by atoms with Crippen LogP contribution in [0.2, 0.25) is 0 Å². The van der Waals surface area contributed by atoms with Crippen LogP contribution >= 0.6 is 0 Å². The van der Waals surface area contributed by atoms with Crippen LogP contribution in [0.4, 0.5) is 0 Å². The van der Waals surface area contributed by atoms with Gasteiger partial charge in [0.05, 0.1) is 0 Å². The first-order valence-electron chi connectivity index (χ1n) is 9.30. The number of carbonyl (C=O) groups excluding carboxylic acids is 1. The van der Waals surface area contributed by atoms with Crippen molar-refractivity contribution in [2.75, 3.05) is 0 Å². The molecule has 0 aromatic carbocycles. The number of unbranched alkanes of at least 4 members (excludes halogenated alkanes) is 12. The summed E-state index contributed by atoms with van der Waals surface area (Å²) in [6, 6.07) is 0. The number of amides is 1. The molecule has 0 saturated heterocycles. The maximum atomic E-state index is 11.2. The Hall–Kier alpha value is -0.530. The fraction of sp³-hybridized carbons (Fsp3) is 0.947. The fourth-order valence-electron chi connectivity index (χ4n) is 2.71. The molecule has 126 valence electrons. The highest BCUT2D eigenvalue weighted by atomic mass is 16.1. The number of hydrogen-bond acceptors (Lipinski definition) is 1. The maximum Gasteiger partial charge on any atom is 0.223 e. The highest BCUT2D eigenvalue weighted by molar-refractivity contribution is 5.79. The third kappa shape index (κ3) is 12.9. The fourth-order valence-corrected chi connectivity index (χ4v) is 2.71. The van der Waals surface area contributed by atoms with Crippen molar-refractivity contribution in [3.63, 3.8) is 0 Å². The zero-order valence-corrected chi connectivity index (χ0v) is 14.9.